The third kappa shape index (κ3) is 3.46. The minimum Gasteiger partial charge on any atom is -0.270 e. The highest BCUT2D eigenvalue weighted by Gasteiger charge is 2.28. The zero-order valence-corrected chi connectivity index (χ0v) is 10.4. The van der Waals surface area contributed by atoms with Gasteiger partial charge in [-0.25, -0.2) is 11.7 Å². The smallest absolute Gasteiger partial charge is 0.270 e. The van der Waals surface area contributed by atoms with Crippen LogP contribution in [-0.2, 0) is 9.59 Å². The molecule has 0 heterocycles. The zero-order chi connectivity index (χ0) is 12.9. The number of nitrogens with zero attached hydrogens (tertiary/aromatic N) is 2. The summed E-state index contributed by atoms with van der Waals surface area (Å²) < 4.78 is 0. The van der Waals surface area contributed by atoms with Crippen LogP contribution in [0.3, 0.4) is 0 Å². The second kappa shape index (κ2) is 6.44. The molecule has 0 bridgehead atoms. The highest BCUT2D eigenvalue weighted by Crippen LogP contribution is 2.03. The van der Waals surface area contributed by atoms with Crippen LogP contribution in [0.25, 0.3) is 0 Å². The Morgan fingerprint density at radius 3 is 1.38 bits per heavy atom. The van der Waals surface area contributed by atoms with E-state index < -0.39 is 11.8 Å². The van der Waals surface area contributed by atoms with Gasteiger partial charge in [0.2, 0.25) is 0 Å². The van der Waals surface area contributed by atoms with Crippen LogP contribution in [0.1, 0.15) is 40.5 Å². The fraction of sp³-hybridized carbons (Fsp3) is 0.800. The highest BCUT2D eigenvalue weighted by molar-refractivity contribution is 6.34. The third-order valence-corrected chi connectivity index (χ3v) is 2.78. The number of nitrogens with two attached hydrogens (primary N) is 2. The summed E-state index contributed by atoms with van der Waals surface area (Å²) in [6, 6.07) is -0.358. The van der Waals surface area contributed by atoms with Crippen molar-refractivity contribution < 1.29 is 9.59 Å². The molecule has 0 aliphatic rings. The van der Waals surface area contributed by atoms with Crippen LogP contribution in [0.15, 0.2) is 0 Å². The van der Waals surface area contributed by atoms with E-state index in [2.05, 4.69) is 0 Å². The molecule has 0 aliphatic carbocycles. The maximum absolute atomic E-state index is 11.6. The summed E-state index contributed by atoms with van der Waals surface area (Å²) in [5.41, 5.74) is 0. The predicted octanol–water partition coefficient (Wildman–Crippen LogP) is -0.0120. The Balaban J connectivity index is 4.55. The highest BCUT2D eigenvalue weighted by atomic mass is 16.2. The molecule has 0 aromatic carbocycles. The quantitative estimate of drug-likeness (QED) is 0.307. The largest absolute Gasteiger partial charge is 0.327 e. The van der Waals surface area contributed by atoms with Gasteiger partial charge in [-0.1, -0.05) is 13.8 Å². The summed E-state index contributed by atoms with van der Waals surface area (Å²) in [4.78, 5) is 23.3. The van der Waals surface area contributed by atoms with Gasteiger partial charge in [-0.15, -0.1) is 0 Å². The molecule has 0 aliphatic heterocycles. The van der Waals surface area contributed by atoms with Crippen LogP contribution in [-0.4, -0.2) is 33.9 Å². The summed E-state index contributed by atoms with van der Waals surface area (Å²) in [5.74, 6) is 9.53. The molecule has 6 heteroatoms. The van der Waals surface area contributed by atoms with E-state index in [1.54, 1.807) is 13.8 Å². The van der Waals surface area contributed by atoms with Gasteiger partial charge in [-0.2, -0.15) is 0 Å². The van der Waals surface area contributed by atoms with Crippen molar-refractivity contribution in [3.05, 3.63) is 0 Å². The van der Waals surface area contributed by atoms with Crippen molar-refractivity contribution in [2.24, 2.45) is 11.7 Å². The Kier molecular flexibility index (Phi) is 5.98. The van der Waals surface area contributed by atoms with Crippen LogP contribution in [0, 0.1) is 0 Å². The maximum atomic E-state index is 11.6. The molecule has 0 saturated heterocycles. The first kappa shape index (κ1) is 14.9. The molecular formula is C10H22N4O2. The molecule has 2 unspecified atom stereocenters. The Morgan fingerprint density at radius 1 is 0.938 bits per heavy atom. The van der Waals surface area contributed by atoms with Crippen LogP contribution >= 0.6 is 0 Å². The summed E-state index contributed by atoms with van der Waals surface area (Å²) >= 11 is 0. The Hall–Kier alpha value is -1.14. The molecule has 6 nitrogen and oxygen atoms in total. The van der Waals surface area contributed by atoms with Crippen LogP contribution in [0.5, 0.6) is 0 Å². The molecule has 0 rings (SSSR count). The van der Waals surface area contributed by atoms with Crippen molar-refractivity contribution in [2.45, 2.75) is 52.6 Å². The molecular weight excluding hydrogens is 208 g/mol. The minimum atomic E-state index is -0.767. The average molecular weight is 230 g/mol. The van der Waals surface area contributed by atoms with Gasteiger partial charge < -0.3 is 0 Å². The van der Waals surface area contributed by atoms with E-state index in [4.69, 9.17) is 11.7 Å². The second-order valence-electron chi connectivity index (χ2n) is 3.94. The van der Waals surface area contributed by atoms with Gasteiger partial charge in [0.05, 0.1) is 0 Å². The Bertz CT molecular complexity index is 231. The van der Waals surface area contributed by atoms with Crippen molar-refractivity contribution in [1.29, 1.82) is 0 Å². The van der Waals surface area contributed by atoms with Gasteiger partial charge in [0.15, 0.2) is 0 Å². The lowest BCUT2D eigenvalue weighted by molar-refractivity contribution is -0.154. The SMILES string of the molecule is CCC(C)N(N)C(=O)C(=O)N(N)C(C)CC. The van der Waals surface area contributed by atoms with E-state index in [1.807, 2.05) is 13.8 Å². The van der Waals surface area contributed by atoms with Crippen molar-refractivity contribution in [1.82, 2.24) is 10.0 Å². The molecule has 0 spiro atoms. The van der Waals surface area contributed by atoms with E-state index in [0.29, 0.717) is 12.8 Å². The lowest BCUT2D eigenvalue weighted by Gasteiger charge is -2.27. The van der Waals surface area contributed by atoms with Gasteiger partial charge in [0.1, 0.15) is 0 Å². The number of rotatable bonds is 4. The first-order valence-electron chi connectivity index (χ1n) is 5.52. The van der Waals surface area contributed by atoms with Gasteiger partial charge in [0.25, 0.3) is 0 Å². The Labute approximate surface area is 96.5 Å². The molecule has 16 heavy (non-hydrogen) atoms. The molecule has 94 valence electrons. The molecule has 0 saturated carbocycles. The average Bonchev–Trinajstić information content (AvgIpc) is 2.32. The monoisotopic (exact) mass is 230 g/mol. The predicted molar refractivity (Wildman–Crippen MR) is 61.6 cm³/mol. The topological polar surface area (TPSA) is 92.7 Å². The third-order valence-electron chi connectivity index (χ3n) is 2.78. The van der Waals surface area contributed by atoms with E-state index in [-0.39, 0.29) is 12.1 Å². The van der Waals surface area contributed by atoms with Gasteiger partial charge in [-0.05, 0) is 26.7 Å². The molecule has 0 radical (unpaired) electrons. The molecule has 0 aromatic heterocycles. The fourth-order valence-electron chi connectivity index (χ4n) is 1.01. The molecule has 4 N–H and O–H groups in total. The summed E-state index contributed by atoms with van der Waals surface area (Å²) in [7, 11) is 0. The molecule has 0 aromatic rings. The fourth-order valence-corrected chi connectivity index (χ4v) is 1.01. The lowest BCUT2D eigenvalue weighted by Crippen LogP contribution is -2.55. The number of hydrogen-bond acceptors (Lipinski definition) is 4. The first-order chi connectivity index (χ1) is 7.36. The number of carbonyl (C=O) groups excluding carboxylic acids is 2. The number of carbonyl (C=O) groups is 2. The summed E-state index contributed by atoms with van der Waals surface area (Å²) in [5, 5.41) is 1.87. The molecule has 0 fully saturated rings. The van der Waals surface area contributed by atoms with Crippen molar-refractivity contribution in [3.8, 4) is 0 Å². The van der Waals surface area contributed by atoms with Gasteiger partial charge in [0, 0.05) is 12.1 Å². The van der Waals surface area contributed by atoms with Crippen molar-refractivity contribution >= 4 is 11.8 Å². The van der Waals surface area contributed by atoms with E-state index in [1.165, 1.54) is 0 Å². The number of amides is 2. The van der Waals surface area contributed by atoms with Gasteiger partial charge >= 0.3 is 11.8 Å². The van der Waals surface area contributed by atoms with Gasteiger partial charge in [-0.3, -0.25) is 19.6 Å². The second-order valence-corrected chi connectivity index (χ2v) is 3.94. The van der Waals surface area contributed by atoms with E-state index in [9.17, 15) is 9.59 Å². The number of hydrogen-bond donors (Lipinski definition) is 2. The van der Waals surface area contributed by atoms with Crippen LogP contribution in [0.2, 0.25) is 0 Å². The molecule has 2 atom stereocenters. The standard InChI is InChI=1S/C10H22N4O2/c1-5-7(3)13(11)9(15)10(16)14(12)8(4)6-2/h7-8H,5-6,11-12H2,1-4H3. The Morgan fingerprint density at radius 2 is 1.19 bits per heavy atom. The molecule has 2 amide bonds. The van der Waals surface area contributed by atoms with Crippen molar-refractivity contribution in [3.63, 3.8) is 0 Å². The van der Waals surface area contributed by atoms with Crippen molar-refractivity contribution in [2.75, 3.05) is 0 Å². The van der Waals surface area contributed by atoms with Crippen LogP contribution in [0.4, 0.5) is 0 Å². The summed E-state index contributed by atoms with van der Waals surface area (Å²) in [6.45, 7) is 7.32. The number of hydrazine groups is 2. The maximum Gasteiger partial charge on any atom is 0.327 e. The van der Waals surface area contributed by atoms with E-state index >= 15 is 0 Å². The first-order valence-corrected chi connectivity index (χ1v) is 5.52. The zero-order valence-electron chi connectivity index (χ0n) is 10.4. The van der Waals surface area contributed by atoms with Crippen LogP contribution < -0.4 is 11.7 Å². The van der Waals surface area contributed by atoms with E-state index in [0.717, 1.165) is 10.0 Å². The normalized spacial score (nSPS) is 14.1. The minimum absolute atomic E-state index is 0.179. The summed E-state index contributed by atoms with van der Waals surface area (Å²) in [6.07, 6.45) is 1.37. The lowest BCUT2D eigenvalue weighted by atomic mass is 10.2.